The molecule has 0 bridgehead atoms. The van der Waals surface area contributed by atoms with Crippen molar-refractivity contribution in [1.29, 1.82) is 5.26 Å². The lowest BCUT2D eigenvalue weighted by atomic mass is 10.1. The molecular formula is C23H24BrN3O4. The predicted octanol–water partition coefficient (Wildman–Crippen LogP) is 4.30. The van der Waals surface area contributed by atoms with Crippen molar-refractivity contribution in [2.24, 2.45) is 0 Å². The van der Waals surface area contributed by atoms with Gasteiger partial charge in [-0.05, 0) is 54.5 Å². The minimum absolute atomic E-state index is 0.000648. The smallest absolute Gasteiger partial charge is 0.262 e. The number of hydrogen-bond donors (Lipinski definition) is 2. The zero-order chi connectivity index (χ0) is 22.6. The van der Waals surface area contributed by atoms with Crippen LogP contribution >= 0.6 is 15.9 Å². The lowest BCUT2D eigenvalue weighted by Gasteiger charge is -2.12. The van der Waals surface area contributed by atoms with Crippen LogP contribution in [0.3, 0.4) is 0 Å². The van der Waals surface area contributed by atoms with E-state index in [1.165, 1.54) is 13.2 Å². The number of nitrogens with zero attached hydrogens (tertiary/aromatic N) is 1. The molecule has 8 heteroatoms. The molecule has 0 atom stereocenters. The highest BCUT2D eigenvalue weighted by atomic mass is 79.9. The van der Waals surface area contributed by atoms with E-state index in [1.54, 1.807) is 30.3 Å². The van der Waals surface area contributed by atoms with Crippen molar-refractivity contribution < 1.29 is 19.1 Å². The van der Waals surface area contributed by atoms with Crippen LogP contribution in [0, 0.1) is 11.3 Å². The quantitative estimate of drug-likeness (QED) is 0.296. The van der Waals surface area contributed by atoms with Crippen LogP contribution in [0.1, 0.15) is 25.3 Å². The Bertz CT molecular complexity index is 981. The molecule has 0 saturated carbocycles. The van der Waals surface area contributed by atoms with Gasteiger partial charge in [-0.15, -0.1) is 0 Å². The number of benzene rings is 2. The Labute approximate surface area is 190 Å². The van der Waals surface area contributed by atoms with Gasteiger partial charge in [-0.25, -0.2) is 0 Å². The molecule has 162 valence electrons. The molecular weight excluding hydrogens is 462 g/mol. The Morgan fingerprint density at radius 1 is 1.16 bits per heavy atom. The molecule has 0 aliphatic rings. The second-order valence-electron chi connectivity index (χ2n) is 6.53. The van der Waals surface area contributed by atoms with Gasteiger partial charge in [0.2, 0.25) is 0 Å². The van der Waals surface area contributed by atoms with Crippen LogP contribution < -0.4 is 20.1 Å². The Hall–Kier alpha value is -3.31. The fourth-order valence-corrected chi connectivity index (χ4v) is 2.82. The topological polar surface area (TPSA) is 100 Å². The van der Waals surface area contributed by atoms with Crippen LogP contribution in [-0.2, 0) is 9.59 Å². The second-order valence-corrected chi connectivity index (χ2v) is 7.45. The van der Waals surface area contributed by atoms with E-state index in [9.17, 15) is 14.9 Å². The number of halogens is 1. The maximum Gasteiger partial charge on any atom is 0.262 e. The van der Waals surface area contributed by atoms with E-state index in [4.69, 9.17) is 9.47 Å². The molecule has 7 nitrogen and oxygen atoms in total. The van der Waals surface area contributed by atoms with Gasteiger partial charge in [0.05, 0.1) is 7.11 Å². The number of amides is 2. The molecule has 2 amide bonds. The van der Waals surface area contributed by atoms with Gasteiger partial charge in [-0.2, -0.15) is 5.26 Å². The standard InChI is InChI=1S/C23H24BrN3O4/c1-3-4-11-26-23(29)17(14-25)12-16-5-10-20(21(13-16)30-2)31-15-22(28)27-19-8-6-18(24)7-9-19/h5-10,12-13H,3-4,11,15H2,1-2H3,(H,26,29)(H,27,28)/b17-12+. The minimum Gasteiger partial charge on any atom is -0.493 e. The van der Waals surface area contributed by atoms with E-state index in [2.05, 4.69) is 26.6 Å². The van der Waals surface area contributed by atoms with Crippen LogP contribution in [0.5, 0.6) is 11.5 Å². The summed E-state index contributed by atoms with van der Waals surface area (Å²) in [5.41, 5.74) is 1.26. The van der Waals surface area contributed by atoms with E-state index in [0.29, 0.717) is 29.3 Å². The van der Waals surface area contributed by atoms with Crippen molar-refractivity contribution >= 4 is 39.5 Å². The van der Waals surface area contributed by atoms with Crippen molar-refractivity contribution in [3.8, 4) is 17.6 Å². The predicted molar refractivity (Wildman–Crippen MR) is 123 cm³/mol. The summed E-state index contributed by atoms with van der Waals surface area (Å²) in [6.45, 7) is 2.34. The summed E-state index contributed by atoms with van der Waals surface area (Å²) in [6.07, 6.45) is 3.28. The molecule has 0 aliphatic carbocycles. The lowest BCUT2D eigenvalue weighted by molar-refractivity contribution is -0.118. The molecule has 2 N–H and O–H groups in total. The number of unbranched alkanes of at least 4 members (excludes halogenated alkanes) is 1. The zero-order valence-corrected chi connectivity index (χ0v) is 19.0. The Kier molecular flexibility index (Phi) is 9.59. The Balaban J connectivity index is 2.03. The molecule has 0 heterocycles. The summed E-state index contributed by atoms with van der Waals surface area (Å²) >= 11 is 3.34. The average Bonchev–Trinajstić information content (AvgIpc) is 2.78. The summed E-state index contributed by atoms with van der Waals surface area (Å²) in [7, 11) is 1.47. The van der Waals surface area contributed by atoms with Crippen LogP contribution in [-0.4, -0.2) is 32.1 Å². The SMILES string of the molecule is CCCCNC(=O)/C(C#N)=C/c1ccc(OCC(=O)Nc2ccc(Br)cc2)c(OC)c1. The highest BCUT2D eigenvalue weighted by molar-refractivity contribution is 9.10. The van der Waals surface area contributed by atoms with Gasteiger partial charge in [-0.1, -0.05) is 35.3 Å². The number of nitrogens with one attached hydrogen (secondary N) is 2. The summed E-state index contributed by atoms with van der Waals surface area (Å²) < 4.78 is 11.8. The van der Waals surface area contributed by atoms with Crippen molar-refractivity contribution in [2.75, 3.05) is 25.6 Å². The third kappa shape index (κ3) is 7.79. The second kappa shape index (κ2) is 12.4. The number of methoxy groups -OCH3 is 1. The Morgan fingerprint density at radius 3 is 2.55 bits per heavy atom. The molecule has 2 aromatic carbocycles. The molecule has 2 rings (SSSR count). The first kappa shape index (κ1) is 24.0. The largest absolute Gasteiger partial charge is 0.493 e. The van der Waals surface area contributed by atoms with Gasteiger partial charge < -0.3 is 20.1 Å². The number of ether oxygens (including phenoxy) is 2. The van der Waals surface area contributed by atoms with Crippen LogP contribution in [0.15, 0.2) is 52.5 Å². The highest BCUT2D eigenvalue weighted by Gasteiger charge is 2.11. The third-order valence-electron chi connectivity index (χ3n) is 4.17. The van der Waals surface area contributed by atoms with Crippen LogP contribution in [0.4, 0.5) is 5.69 Å². The Morgan fingerprint density at radius 2 is 1.90 bits per heavy atom. The van der Waals surface area contributed by atoms with E-state index >= 15 is 0 Å². The first-order valence-electron chi connectivity index (χ1n) is 9.73. The monoisotopic (exact) mass is 485 g/mol. The summed E-state index contributed by atoms with van der Waals surface area (Å²) in [4.78, 5) is 24.2. The molecule has 0 fully saturated rings. The average molecular weight is 486 g/mol. The normalized spacial score (nSPS) is 10.7. The minimum atomic E-state index is -0.417. The van der Waals surface area contributed by atoms with Crippen molar-refractivity contribution in [2.45, 2.75) is 19.8 Å². The fraction of sp³-hybridized carbons (Fsp3) is 0.261. The number of anilines is 1. The third-order valence-corrected chi connectivity index (χ3v) is 4.70. The number of carbonyl (C=O) groups excluding carboxylic acids is 2. The van der Waals surface area contributed by atoms with E-state index < -0.39 is 5.91 Å². The first-order valence-corrected chi connectivity index (χ1v) is 10.5. The molecule has 0 spiro atoms. The molecule has 31 heavy (non-hydrogen) atoms. The van der Waals surface area contributed by atoms with Crippen LogP contribution in [0.25, 0.3) is 6.08 Å². The van der Waals surface area contributed by atoms with Gasteiger partial charge in [0.25, 0.3) is 11.8 Å². The molecule has 0 unspecified atom stereocenters. The van der Waals surface area contributed by atoms with Crippen molar-refractivity contribution in [3.63, 3.8) is 0 Å². The number of nitriles is 1. The molecule has 0 saturated heterocycles. The van der Waals surface area contributed by atoms with E-state index in [1.807, 2.05) is 25.1 Å². The summed E-state index contributed by atoms with van der Waals surface area (Å²) in [5, 5.41) is 14.8. The number of hydrogen-bond acceptors (Lipinski definition) is 5. The molecule has 0 aromatic heterocycles. The van der Waals surface area contributed by atoms with Crippen LogP contribution in [0.2, 0.25) is 0 Å². The fourth-order valence-electron chi connectivity index (χ4n) is 2.56. The van der Waals surface area contributed by atoms with Gasteiger partial charge in [-0.3, -0.25) is 9.59 Å². The van der Waals surface area contributed by atoms with Crippen molar-refractivity contribution in [1.82, 2.24) is 5.32 Å². The summed E-state index contributed by atoms with van der Waals surface area (Å²) in [6, 6.07) is 14.1. The van der Waals surface area contributed by atoms with Gasteiger partial charge >= 0.3 is 0 Å². The molecule has 2 aromatic rings. The van der Waals surface area contributed by atoms with Gasteiger partial charge in [0, 0.05) is 16.7 Å². The van der Waals surface area contributed by atoms with Gasteiger partial charge in [0.15, 0.2) is 18.1 Å². The van der Waals surface area contributed by atoms with E-state index in [-0.39, 0.29) is 18.1 Å². The summed E-state index contributed by atoms with van der Waals surface area (Å²) in [5.74, 6) is 0.0223. The maximum absolute atomic E-state index is 12.1. The molecule has 0 aliphatic heterocycles. The maximum atomic E-state index is 12.1. The number of rotatable bonds is 10. The molecule has 0 radical (unpaired) electrons. The van der Waals surface area contributed by atoms with Crippen molar-refractivity contribution in [3.05, 3.63) is 58.1 Å². The van der Waals surface area contributed by atoms with E-state index in [0.717, 1.165) is 17.3 Å². The number of carbonyl (C=O) groups is 2. The lowest BCUT2D eigenvalue weighted by Crippen LogP contribution is -2.25. The van der Waals surface area contributed by atoms with Gasteiger partial charge in [0.1, 0.15) is 11.6 Å². The first-order chi connectivity index (χ1) is 15.0. The zero-order valence-electron chi connectivity index (χ0n) is 17.4. The highest BCUT2D eigenvalue weighted by Crippen LogP contribution is 2.29.